The molecule has 3 atom stereocenters. The van der Waals surface area contributed by atoms with Crippen molar-refractivity contribution in [3.05, 3.63) is 48.6 Å². The number of nitrogens with one attached hydrogen (secondary N) is 1. The molecule has 0 aromatic rings. The van der Waals surface area contributed by atoms with Gasteiger partial charge in [0.1, 0.15) is 13.2 Å². The standard InChI is InChI=1S/C69H133N2O6P/c1-6-8-10-12-14-16-18-20-22-24-26-28-29-30-31-32-33-34-35-36-37-38-39-40-41-43-45-47-49-51-53-55-57-59-61-63-69(73)70-67(66-77-78(74,75)76-65-64-71(3,4)5)68(72)62-60-58-56-54-52-50-48-46-44-42-27-25-23-21-19-17-15-13-11-9-7-2/h18,20,24,26,29-30,60,62,67-68,72H,6-17,19,21-23,25,27-28,31-59,61,63-66H2,1-5H3,(H-,70,73,74,75)/p+1/b20-18-,26-24-,30-29-,62-60+. The molecule has 78 heavy (non-hydrogen) atoms. The molecule has 8 nitrogen and oxygen atoms in total. The number of nitrogens with zero attached hydrogens (tertiary/aromatic N) is 1. The van der Waals surface area contributed by atoms with Gasteiger partial charge in [0.25, 0.3) is 0 Å². The summed E-state index contributed by atoms with van der Waals surface area (Å²) >= 11 is 0. The summed E-state index contributed by atoms with van der Waals surface area (Å²) in [6.45, 7) is 4.85. The second-order valence-corrected chi connectivity index (χ2v) is 26.0. The Bertz CT molecular complexity index is 1410. The molecule has 460 valence electrons. The molecule has 0 heterocycles. The summed E-state index contributed by atoms with van der Waals surface area (Å²) in [5.74, 6) is -0.171. The van der Waals surface area contributed by atoms with E-state index < -0.39 is 20.0 Å². The average Bonchev–Trinajstić information content (AvgIpc) is 3.41. The molecule has 3 N–H and O–H groups in total. The highest BCUT2D eigenvalue weighted by atomic mass is 31.2. The Kier molecular flexibility index (Phi) is 58.9. The molecular weight excluding hydrogens is 984 g/mol. The van der Waals surface area contributed by atoms with E-state index in [-0.39, 0.29) is 19.1 Å². The Morgan fingerprint density at radius 3 is 1.06 bits per heavy atom. The monoisotopic (exact) mass is 1120 g/mol. The number of aliphatic hydroxyl groups excluding tert-OH is 1. The molecule has 0 radical (unpaired) electrons. The van der Waals surface area contributed by atoms with Crippen LogP contribution in [0.25, 0.3) is 0 Å². The summed E-state index contributed by atoms with van der Waals surface area (Å²) in [5, 5.41) is 14.0. The number of hydrogen-bond donors (Lipinski definition) is 3. The number of phosphoric ester groups is 1. The van der Waals surface area contributed by atoms with Crippen molar-refractivity contribution in [2.75, 3.05) is 40.9 Å². The minimum absolute atomic E-state index is 0.0629. The molecule has 0 aromatic carbocycles. The van der Waals surface area contributed by atoms with Gasteiger partial charge in [-0.2, -0.15) is 0 Å². The molecule has 0 aliphatic carbocycles. The van der Waals surface area contributed by atoms with Gasteiger partial charge >= 0.3 is 7.82 Å². The van der Waals surface area contributed by atoms with Crippen LogP contribution < -0.4 is 5.32 Å². The number of hydrogen-bond acceptors (Lipinski definition) is 5. The van der Waals surface area contributed by atoms with Crippen molar-refractivity contribution in [3.8, 4) is 0 Å². The van der Waals surface area contributed by atoms with Crippen molar-refractivity contribution in [1.29, 1.82) is 0 Å². The maximum absolute atomic E-state index is 13.0. The SMILES string of the molecule is CCCCCCC/C=C\C/C=C\C/C=C\CCCCCCCCCCCCCCCCCCCCCCC(=O)NC(COP(=O)(O)OCC[N+](C)(C)C)C(O)/C=C/CCCCCCCCCCCCCCCCCCCCC. The van der Waals surface area contributed by atoms with Crippen LogP contribution in [-0.4, -0.2) is 73.4 Å². The van der Waals surface area contributed by atoms with Gasteiger partial charge in [0.05, 0.1) is 39.9 Å². The van der Waals surface area contributed by atoms with Crippen LogP contribution >= 0.6 is 7.82 Å². The fourth-order valence-electron chi connectivity index (χ4n) is 10.2. The molecule has 0 aliphatic heterocycles. The van der Waals surface area contributed by atoms with Crippen molar-refractivity contribution < 1.29 is 32.9 Å². The predicted molar refractivity (Wildman–Crippen MR) is 341 cm³/mol. The molecule has 0 aromatic heterocycles. The Morgan fingerprint density at radius 2 is 0.731 bits per heavy atom. The lowest BCUT2D eigenvalue weighted by Gasteiger charge is -2.25. The van der Waals surface area contributed by atoms with Gasteiger partial charge in [0.15, 0.2) is 0 Å². The molecule has 9 heteroatoms. The van der Waals surface area contributed by atoms with Crippen LogP contribution in [0, 0.1) is 0 Å². The molecule has 0 fully saturated rings. The maximum Gasteiger partial charge on any atom is 0.472 e. The molecule has 0 rings (SSSR count). The number of likely N-dealkylation sites (N-methyl/N-ethyl adjacent to an activating group) is 1. The average molecular weight is 1120 g/mol. The van der Waals surface area contributed by atoms with Crippen molar-refractivity contribution in [1.82, 2.24) is 5.32 Å². The Balaban J connectivity index is 4.02. The summed E-state index contributed by atoms with van der Waals surface area (Å²) in [4.78, 5) is 23.4. The van der Waals surface area contributed by atoms with Crippen molar-refractivity contribution in [2.24, 2.45) is 0 Å². The minimum atomic E-state index is -4.35. The summed E-state index contributed by atoms with van der Waals surface area (Å²) in [7, 11) is 1.59. The van der Waals surface area contributed by atoms with E-state index >= 15 is 0 Å². The zero-order valence-electron chi connectivity index (χ0n) is 52.7. The van der Waals surface area contributed by atoms with Gasteiger partial charge in [0, 0.05) is 6.42 Å². The van der Waals surface area contributed by atoms with Gasteiger partial charge in [-0.3, -0.25) is 13.8 Å². The number of carbonyl (C=O) groups excluding carboxylic acids is 1. The van der Waals surface area contributed by atoms with Crippen LogP contribution in [-0.2, 0) is 18.4 Å². The molecule has 0 spiro atoms. The number of aliphatic hydroxyl groups is 1. The molecule has 0 aliphatic rings. The fourth-order valence-corrected chi connectivity index (χ4v) is 11.0. The van der Waals surface area contributed by atoms with Gasteiger partial charge in [0.2, 0.25) is 5.91 Å². The summed E-state index contributed by atoms with van der Waals surface area (Å²) < 4.78 is 23.8. The third kappa shape index (κ3) is 62.1. The Labute approximate surface area is 486 Å². The Hall–Kier alpha value is -1.54. The number of carbonyl (C=O) groups is 1. The van der Waals surface area contributed by atoms with E-state index in [1.807, 2.05) is 27.2 Å². The molecule has 0 saturated carbocycles. The first kappa shape index (κ1) is 76.5. The van der Waals surface area contributed by atoms with E-state index in [0.717, 1.165) is 51.4 Å². The van der Waals surface area contributed by atoms with E-state index in [1.54, 1.807) is 6.08 Å². The highest BCUT2D eigenvalue weighted by Crippen LogP contribution is 2.43. The van der Waals surface area contributed by atoms with E-state index in [4.69, 9.17) is 9.05 Å². The molecule has 0 saturated heterocycles. The fraction of sp³-hybridized carbons (Fsp3) is 0.870. The van der Waals surface area contributed by atoms with Crippen LogP contribution in [0.15, 0.2) is 48.6 Å². The van der Waals surface area contributed by atoms with Crippen molar-refractivity contribution in [3.63, 3.8) is 0 Å². The first-order valence-electron chi connectivity index (χ1n) is 34.0. The van der Waals surface area contributed by atoms with E-state index in [2.05, 4.69) is 55.6 Å². The van der Waals surface area contributed by atoms with Crippen LogP contribution in [0.2, 0.25) is 0 Å². The van der Waals surface area contributed by atoms with E-state index in [0.29, 0.717) is 17.4 Å². The second kappa shape index (κ2) is 60.1. The van der Waals surface area contributed by atoms with Crippen LogP contribution in [0.3, 0.4) is 0 Å². The third-order valence-corrected chi connectivity index (χ3v) is 16.5. The quantitative estimate of drug-likeness (QED) is 0.0243. The van der Waals surface area contributed by atoms with Crippen LogP contribution in [0.5, 0.6) is 0 Å². The summed E-state index contributed by atoms with van der Waals surface area (Å²) in [6.07, 6.45) is 81.0. The molecule has 1 amide bonds. The van der Waals surface area contributed by atoms with Crippen LogP contribution in [0.1, 0.15) is 335 Å². The third-order valence-electron chi connectivity index (χ3n) is 15.5. The zero-order valence-corrected chi connectivity index (χ0v) is 53.6. The number of rotatable bonds is 63. The summed E-state index contributed by atoms with van der Waals surface area (Å²) in [5.41, 5.74) is 0. The number of quaternary nitrogens is 1. The van der Waals surface area contributed by atoms with E-state index in [1.165, 1.54) is 263 Å². The Morgan fingerprint density at radius 1 is 0.436 bits per heavy atom. The van der Waals surface area contributed by atoms with Gasteiger partial charge < -0.3 is 19.8 Å². The normalized spacial score (nSPS) is 14.0. The summed E-state index contributed by atoms with van der Waals surface area (Å²) in [6, 6.07) is -0.847. The number of unbranched alkanes of at least 4 members (excludes halogenated alkanes) is 44. The number of phosphoric acid groups is 1. The lowest BCUT2D eigenvalue weighted by molar-refractivity contribution is -0.870. The zero-order chi connectivity index (χ0) is 57.0. The molecular formula is C69H134N2O6P+. The van der Waals surface area contributed by atoms with Gasteiger partial charge in [-0.05, 0) is 57.8 Å². The topological polar surface area (TPSA) is 105 Å². The number of allylic oxidation sites excluding steroid dienone is 7. The predicted octanol–water partition coefficient (Wildman–Crippen LogP) is 21.4. The number of amides is 1. The molecule has 0 bridgehead atoms. The van der Waals surface area contributed by atoms with Crippen LogP contribution in [0.4, 0.5) is 0 Å². The smallest absolute Gasteiger partial charge is 0.387 e. The largest absolute Gasteiger partial charge is 0.472 e. The van der Waals surface area contributed by atoms with Crippen molar-refractivity contribution in [2.45, 2.75) is 347 Å². The highest BCUT2D eigenvalue weighted by molar-refractivity contribution is 7.47. The lowest BCUT2D eigenvalue weighted by atomic mass is 10.0. The van der Waals surface area contributed by atoms with Crippen molar-refractivity contribution >= 4 is 13.7 Å². The van der Waals surface area contributed by atoms with Gasteiger partial charge in [-0.1, -0.05) is 319 Å². The minimum Gasteiger partial charge on any atom is -0.387 e. The lowest BCUT2D eigenvalue weighted by Crippen LogP contribution is -2.45. The van der Waals surface area contributed by atoms with Gasteiger partial charge in [-0.25, -0.2) is 4.57 Å². The second-order valence-electron chi connectivity index (χ2n) is 24.6. The molecule has 3 unspecified atom stereocenters. The highest BCUT2D eigenvalue weighted by Gasteiger charge is 2.28. The first-order valence-corrected chi connectivity index (χ1v) is 35.5. The first-order chi connectivity index (χ1) is 38.0. The van der Waals surface area contributed by atoms with Gasteiger partial charge in [-0.15, -0.1) is 0 Å². The maximum atomic E-state index is 13.0. The van der Waals surface area contributed by atoms with E-state index in [9.17, 15) is 19.4 Å².